The smallest absolute Gasteiger partial charge is 0.244 e. The fourth-order valence-corrected chi connectivity index (χ4v) is 3.65. The maximum Gasteiger partial charge on any atom is 0.244 e. The van der Waals surface area contributed by atoms with Crippen LogP contribution < -0.4 is 10.3 Å². The van der Waals surface area contributed by atoms with Gasteiger partial charge in [0.05, 0.1) is 29.6 Å². The third-order valence-electron chi connectivity index (χ3n) is 5.08. The lowest BCUT2D eigenvalue weighted by molar-refractivity contribution is -0.120. The molecule has 0 saturated carbocycles. The Labute approximate surface area is 170 Å². The zero-order valence-electron chi connectivity index (χ0n) is 16.6. The molecule has 6 nitrogen and oxygen atoms in total. The summed E-state index contributed by atoms with van der Waals surface area (Å²) >= 11 is 0. The minimum absolute atomic E-state index is 0.136. The predicted molar refractivity (Wildman–Crippen MR) is 116 cm³/mol. The van der Waals surface area contributed by atoms with Gasteiger partial charge in [0, 0.05) is 13.1 Å². The van der Waals surface area contributed by atoms with Crippen LogP contribution in [-0.4, -0.2) is 35.0 Å². The monoisotopic (exact) mass is 387 g/mol. The fraction of sp³-hybridized carbons (Fsp3) is 0.261. The van der Waals surface area contributed by atoms with Gasteiger partial charge in [-0.1, -0.05) is 48.5 Å². The largest absolute Gasteiger partial charge is 0.356 e. The van der Waals surface area contributed by atoms with Gasteiger partial charge in [0.15, 0.2) is 0 Å². The van der Waals surface area contributed by atoms with Crippen LogP contribution in [-0.2, 0) is 11.2 Å². The molecule has 1 amide bonds. The second kappa shape index (κ2) is 8.73. The van der Waals surface area contributed by atoms with Gasteiger partial charge in [-0.2, -0.15) is 10.2 Å². The zero-order chi connectivity index (χ0) is 20.1. The summed E-state index contributed by atoms with van der Waals surface area (Å²) in [7, 11) is 0. The highest BCUT2D eigenvalue weighted by Crippen LogP contribution is 2.28. The van der Waals surface area contributed by atoms with E-state index in [-0.39, 0.29) is 5.91 Å². The number of carbonyl (C=O) groups is 1. The number of rotatable bonds is 6. The quantitative estimate of drug-likeness (QED) is 0.520. The van der Waals surface area contributed by atoms with Crippen molar-refractivity contribution in [2.24, 2.45) is 5.10 Å². The molecule has 0 radical (unpaired) electrons. The summed E-state index contributed by atoms with van der Waals surface area (Å²) in [6, 6.07) is 19.8. The van der Waals surface area contributed by atoms with Crippen molar-refractivity contribution < 1.29 is 4.79 Å². The molecule has 4 rings (SSSR count). The van der Waals surface area contributed by atoms with Crippen molar-refractivity contribution in [3.05, 3.63) is 77.5 Å². The fourth-order valence-electron chi connectivity index (χ4n) is 3.65. The van der Waals surface area contributed by atoms with Crippen LogP contribution in [0.4, 0.5) is 5.82 Å². The number of amides is 1. The molecule has 1 aliphatic rings. The topological polar surface area (TPSA) is 62.5 Å². The molecule has 0 bridgehead atoms. The summed E-state index contributed by atoms with van der Waals surface area (Å²) in [5.41, 5.74) is 6.46. The molecule has 2 aromatic carbocycles. The average Bonchev–Trinajstić information content (AvgIpc) is 3.38. The van der Waals surface area contributed by atoms with Crippen molar-refractivity contribution in [3.8, 4) is 5.69 Å². The first-order chi connectivity index (χ1) is 14.2. The van der Waals surface area contributed by atoms with Gasteiger partial charge in [-0.05, 0) is 37.5 Å². The van der Waals surface area contributed by atoms with Crippen LogP contribution in [0.5, 0.6) is 0 Å². The Bertz CT molecular complexity index is 989. The molecule has 148 valence electrons. The Hall–Kier alpha value is -3.41. The molecule has 0 atom stereocenters. The summed E-state index contributed by atoms with van der Waals surface area (Å²) in [4.78, 5) is 14.5. The molecule has 0 unspecified atom stereocenters. The standard InChI is InChI=1S/C23H25N5O/c1-18-21(17-24-25-22(29)16-19-10-4-2-5-11-19)23(27-14-8-9-15-27)28(26-18)20-12-6-3-7-13-20/h2-7,10-13,17H,8-9,14-16H2,1H3,(H,25,29)/b24-17-. The number of anilines is 1. The van der Waals surface area contributed by atoms with E-state index in [2.05, 4.69) is 27.6 Å². The highest BCUT2D eigenvalue weighted by molar-refractivity contribution is 5.90. The Morgan fingerprint density at radius 2 is 1.72 bits per heavy atom. The van der Waals surface area contributed by atoms with Crippen molar-refractivity contribution >= 4 is 17.9 Å². The summed E-state index contributed by atoms with van der Waals surface area (Å²) in [5, 5.41) is 9.00. The van der Waals surface area contributed by atoms with Gasteiger partial charge in [0.25, 0.3) is 0 Å². The zero-order valence-corrected chi connectivity index (χ0v) is 16.6. The second-order valence-corrected chi connectivity index (χ2v) is 7.22. The van der Waals surface area contributed by atoms with Gasteiger partial charge in [-0.15, -0.1) is 0 Å². The molecular formula is C23H25N5O. The number of nitrogens with one attached hydrogen (secondary N) is 1. The van der Waals surface area contributed by atoms with Crippen LogP contribution in [0.3, 0.4) is 0 Å². The molecule has 29 heavy (non-hydrogen) atoms. The van der Waals surface area contributed by atoms with E-state index >= 15 is 0 Å². The van der Waals surface area contributed by atoms with Gasteiger partial charge in [-0.3, -0.25) is 4.79 Å². The van der Waals surface area contributed by atoms with Crippen molar-refractivity contribution in [2.45, 2.75) is 26.2 Å². The maximum absolute atomic E-state index is 12.2. The molecule has 1 aliphatic heterocycles. The number of aromatic nitrogens is 2. The Morgan fingerprint density at radius 3 is 2.41 bits per heavy atom. The number of benzene rings is 2. The van der Waals surface area contributed by atoms with E-state index in [1.807, 2.05) is 60.1 Å². The minimum atomic E-state index is -0.136. The van der Waals surface area contributed by atoms with E-state index in [9.17, 15) is 4.79 Å². The van der Waals surface area contributed by atoms with Crippen molar-refractivity contribution in [1.82, 2.24) is 15.2 Å². The molecule has 1 saturated heterocycles. The molecule has 6 heteroatoms. The number of hydrogen-bond acceptors (Lipinski definition) is 4. The molecule has 0 aliphatic carbocycles. The minimum Gasteiger partial charge on any atom is -0.356 e. The first-order valence-corrected chi connectivity index (χ1v) is 9.98. The number of aryl methyl sites for hydroxylation is 1. The van der Waals surface area contributed by atoms with Crippen LogP contribution in [0.1, 0.15) is 29.7 Å². The summed E-state index contributed by atoms with van der Waals surface area (Å²) in [6.45, 7) is 3.98. The first kappa shape index (κ1) is 18.9. The van der Waals surface area contributed by atoms with Gasteiger partial charge < -0.3 is 4.90 Å². The Morgan fingerprint density at radius 1 is 1.07 bits per heavy atom. The Kier molecular flexibility index (Phi) is 5.70. The van der Waals surface area contributed by atoms with Crippen molar-refractivity contribution in [3.63, 3.8) is 0 Å². The maximum atomic E-state index is 12.2. The first-order valence-electron chi connectivity index (χ1n) is 9.98. The molecule has 3 aromatic rings. The molecule has 1 aromatic heterocycles. The Balaban J connectivity index is 1.57. The predicted octanol–water partition coefficient (Wildman–Crippen LogP) is 3.47. The molecule has 1 N–H and O–H groups in total. The number of hydrogen-bond donors (Lipinski definition) is 1. The lowest BCUT2D eigenvalue weighted by Gasteiger charge is -2.20. The normalized spacial score (nSPS) is 13.9. The third kappa shape index (κ3) is 4.37. The van der Waals surface area contributed by atoms with E-state index in [1.165, 1.54) is 12.8 Å². The average molecular weight is 387 g/mol. The number of para-hydroxylation sites is 1. The van der Waals surface area contributed by atoms with Gasteiger partial charge >= 0.3 is 0 Å². The molecular weight excluding hydrogens is 362 g/mol. The van der Waals surface area contributed by atoms with Crippen LogP contribution >= 0.6 is 0 Å². The summed E-state index contributed by atoms with van der Waals surface area (Å²) < 4.78 is 1.98. The lowest BCUT2D eigenvalue weighted by Crippen LogP contribution is -2.23. The molecule has 1 fully saturated rings. The summed E-state index contributed by atoms with van der Waals surface area (Å²) in [6.07, 6.45) is 4.37. The SMILES string of the molecule is Cc1nn(-c2ccccc2)c(N2CCCC2)c1/C=N\NC(=O)Cc1ccccc1. The van der Waals surface area contributed by atoms with Crippen molar-refractivity contribution in [2.75, 3.05) is 18.0 Å². The van der Waals surface area contributed by atoms with Gasteiger partial charge in [0.1, 0.15) is 5.82 Å². The molecule has 0 spiro atoms. The number of hydrazone groups is 1. The van der Waals surface area contributed by atoms with E-state index in [0.29, 0.717) is 6.42 Å². The van der Waals surface area contributed by atoms with E-state index in [0.717, 1.165) is 41.4 Å². The second-order valence-electron chi connectivity index (χ2n) is 7.22. The number of carbonyl (C=O) groups excluding carboxylic acids is 1. The highest BCUT2D eigenvalue weighted by atomic mass is 16.2. The number of nitrogens with zero attached hydrogens (tertiary/aromatic N) is 4. The van der Waals surface area contributed by atoms with Gasteiger partial charge in [0.2, 0.25) is 5.91 Å². The van der Waals surface area contributed by atoms with Crippen LogP contribution in [0.15, 0.2) is 65.8 Å². The molecule has 2 heterocycles. The van der Waals surface area contributed by atoms with Gasteiger partial charge in [-0.25, -0.2) is 10.1 Å². The van der Waals surface area contributed by atoms with E-state index < -0.39 is 0 Å². The highest BCUT2D eigenvalue weighted by Gasteiger charge is 2.23. The van der Waals surface area contributed by atoms with E-state index in [4.69, 9.17) is 5.10 Å². The van der Waals surface area contributed by atoms with Crippen molar-refractivity contribution in [1.29, 1.82) is 0 Å². The third-order valence-corrected chi connectivity index (χ3v) is 5.08. The lowest BCUT2D eigenvalue weighted by atomic mass is 10.1. The summed E-state index contributed by atoms with van der Waals surface area (Å²) in [5.74, 6) is 0.899. The van der Waals surface area contributed by atoms with Crippen LogP contribution in [0.25, 0.3) is 5.69 Å². The van der Waals surface area contributed by atoms with Crippen LogP contribution in [0.2, 0.25) is 0 Å². The van der Waals surface area contributed by atoms with Crippen LogP contribution in [0, 0.1) is 6.92 Å². The van der Waals surface area contributed by atoms with E-state index in [1.54, 1.807) is 6.21 Å².